The molecule has 1 aliphatic carbocycles. The molecule has 2 atom stereocenters. The molecule has 0 aromatic carbocycles. The molecular formula is C10H15NS. The zero-order valence-corrected chi connectivity index (χ0v) is 8.23. The highest BCUT2D eigenvalue weighted by Crippen LogP contribution is 2.32. The van der Waals surface area contributed by atoms with E-state index >= 15 is 0 Å². The highest BCUT2D eigenvalue weighted by atomic mass is 32.2. The van der Waals surface area contributed by atoms with Crippen molar-refractivity contribution in [1.82, 2.24) is 5.32 Å². The maximum absolute atomic E-state index is 3.55. The zero-order chi connectivity index (χ0) is 8.39. The molecular weight excluding hydrogens is 166 g/mol. The van der Waals surface area contributed by atoms with Crippen LogP contribution in [0, 0.1) is 5.92 Å². The monoisotopic (exact) mass is 181 g/mol. The van der Waals surface area contributed by atoms with Crippen LogP contribution in [0.4, 0.5) is 0 Å². The van der Waals surface area contributed by atoms with Crippen LogP contribution in [0.3, 0.4) is 0 Å². The lowest BCUT2D eigenvalue weighted by Crippen LogP contribution is -2.28. The van der Waals surface area contributed by atoms with E-state index in [1.807, 2.05) is 11.8 Å². The van der Waals surface area contributed by atoms with Crippen LogP contribution < -0.4 is 5.32 Å². The van der Waals surface area contributed by atoms with E-state index < -0.39 is 0 Å². The second kappa shape index (κ2) is 3.67. The van der Waals surface area contributed by atoms with Gasteiger partial charge in [0.15, 0.2) is 0 Å². The van der Waals surface area contributed by atoms with Gasteiger partial charge in [-0.3, -0.25) is 0 Å². The van der Waals surface area contributed by atoms with Crippen molar-refractivity contribution >= 4 is 11.8 Å². The molecule has 1 unspecified atom stereocenters. The Bertz CT molecular complexity index is 220. The third-order valence-corrected chi connectivity index (χ3v) is 3.52. The lowest BCUT2D eigenvalue weighted by Gasteiger charge is -2.22. The minimum atomic E-state index is 0.639. The van der Waals surface area contributed by atoms with E-state index in [4.69, 9.17) is 0 Å². The minimum Gasteiger partial charge on any atom is -0.309 e. The molecule has 1 N–H and O–H groups in total. The van der Waals surface area contributed by atoms with Gasteiger partial charge in [-0.1, -0.05) is 25.2 Å². The van der Waals surface area contributed by atoms with E-state index in [0.29, 0.717) is 6.04 Å². The Hall–Kier alpha value is -0.210. The zero-order valence-electron chi connectivity index (χ0n) is 7.42. The highest BCUT2D eigenvalue weighted by Gasteiger charge is 2.28. The summed E-state index contributed by atoms with van der Waals surface area (Å²) in [5.41, 5.74) is 0. The van der Waals surface area contributed by atoms with Crippen LogP contribution in [0.2, 0.25) is 0 Å². The third-order valence-electron chi connectivity index (χ3n) is 2.51. The van der Waals surface area contributed by atoms with Gasteiger partial charge < -0.3 is 5.32 Å². The first-order valence-electron chi connectivity index (χ1n) is 4.66. The van der Waals surface area contributed by atoms with Crippen molar-refractivity contribution in [3.63, 3.8) is 0 Å². The van der Waals surface area contributed by atoms with Crippen molar-refractivity contribution < 1.29 is 0 Å². The molecule has 1 fully saturated rings. The summed E-state index contributed by atoms with van der Waals surface area (Å²) in [7, 11) is 0. The third kappa shape index (κ3) is 1.46. The number of rotatable bonds is 2. The smallest absolute Gasteiger partial charge is 0.0444 e. The second-order valence-electron chi connectivity index (χ2n) is 3.27. The molecule has 0 radical (unpaired) electrons. The topological polar surface area (TPSA) is 12.0 Å². The molecule has 0 bridgehead atoms. The molecule has 66 valence electrons. The van der Waals surface area contributed by atoms with Gasteiger partial charge in [0.1, 0.15) is 0 Å². The van der Waals surface area contributed by atoms with Gasteiger partial charge in [0.25, 0.3) is 0 Å². The number of hydrogen-bond acceptors (Lipinski definition) is 2. The molecule has 0 aromatic rings. The first-order chi connectivity index (χ1) is 5.92. The van der Waals surface area contributed by atoms with Crippen molar-refractivity contribution in [1.29, 1.82) is 0 Å². The Labute approximate surface area is 78.3 Å². The maximum atomic E-state index is 3.55. The fourth-order valence-electron chi connectivity index (χ4n) is 1.94. The molecule has 12 heavy (non-hydrogen) atoms. The molecule has 1 saturated heterocycles. The van der Waals surface area contributed by atoms with Gasteiger partial charge in [-0.05, 0) is 24.6 Å². The van der Waals surface area contributed by atoms with Crippen LogP contribution in [-0.2, 0) is 0 Å². The van der Waals surface area contributed by atoms with Gasteiger partial charge in [0.05, 0.1) is 0 Å². The van der Waals surface area contributed by atoms with Gasteiger partial charge in [-0.25, -0.2) is 0 Å². The summed E-state index contributed by atoms with van der Waals surface area (Å²) in [6.07, 6.45) is 8.12. The van der Waals surface area contributed by atoms with Crippen molar-refractivity contribution in [3.8, 4) is 0 Å². The molecule has 0 amide bonds. The van der Waals surface area contributed by atoms with Gasteiger partial charge >= 0.3 is 0 Å². The van der Waals surface area contributed by atoms with Crippen LogP contribution >= 0.6 is 11.8 Å². The number of thioether (sulfide) groups is 1. The van der Waals surface area contributed by atoms with Crippen molar-refractivity contribution in [2.75, 3.05) is 12.3 Å². The first-order valence-corrected chi connectivity index (χ1v) is 5.65. The quantitative estimate of drug-likeness (QED) is 0.700. The fraction of sp³-hybridized carbons (Fsp3) is 0.600. The maximum Gasteiger partial charge on any atom is 0.0444 e. The summed E-state index contributed by atoms with van der Waals surface area (Å²) in [6.45, 7) is 3.40. The number of nitrogens with one attached hydrogen (secondary N) is 1. The summed E-state index contributed by atoms with van der Waals surface area (Å²) < 4.78 is 0. The number of allylic oxidation sites excluding steroid dienone is 2. The Morgan fingerprint density at radius 3 is 3.42 bits per heavy atom. The number of fused-ring (bicyclic) bond motifs is 1. The van der Waals surface area contributed by atoms with Crippen LogP contribution in [0.5, 0.6) is 0 Å². The van der Waals surface area contributed by atoms with Crippen LogP contribution in [0.25, 0.3) is 0 Å². The summed E-state index contributed by atoms with van der Waals surface area (Å²) in [5.74, 6) is 1.95. The van der Waals surface area contributed by atoms with E-state index in [9.17, 15) is 0 Å². The molecule has 1 aliphatic heterocycles. The second-order valence-corrected chi connectivity index (χ2v) is 4.61. The Balaban J connectivity index is 2.10. The van der Waals surface area contributed by atoms with Crippen LogP contribution in [0.1, 0.15) is 13.3 Å². The summed E-state index contributed by atoms with van der Waals surface area (Å²) in [4.78, 5) is 1.53. The first kappa shape index (κ1) is 8.39. The average molecular weight is 181 g/mol. The summed E-state index contributed by atoms with van der Waals surface area (Å²) in [6, 6.07) is 0.639. The van der Waals surface area contributed by atoms with Gasteiger partial charge in [0.2, 0.25) is 0 Å². The Morgan fingerprint density at radius 2 is 2.58 bits per heavy atom. The predicted octanol–water partition coefficient (Wildman–Crippen LogP) is 2.17. The average Bonchev–Trinajstić information content (AvgIpc) is 2.53. The van der Waals surface area contributed by atoms with Crippen molar-refractivity contribution in [2.24, 2.45) is 5.92 Å². The van der Waals surface area contributed by atoms with Crippen molar-refractivity contribution in [2.45, 2.75) is 19.4 Å². The van der Waals surface area contributed by atoms with E-state index in [1.54, 1.807) is 0 Å². The molecule has 2 rings (SSSR count). The molecule has 1 nitrogen and oxygen atoms in total. The highest BCUT2D eigenvalue weighted by molar-refractivity contribution is 8.03. The normalized spacial score (nSPS) is 33.2. The van der Waals surface area contributed by atoms with E-state index in [1.165, 1.54) is 23.6 Å². The largest absolute Gasteiger partial charge is 0.309 e. The molecule has 0 saturated carbocycles. The van der Waals surface area contributed by atoms with Gasteiger partial charge in [-0.2, -0.15) is 0 Å². The van der Waals surface area contributed by atoms with Crippen LogP contribution in [-0.4, -0.2) is 18.3 Å². The molecule has 2 heteroatoms. The van der Waals surface area contributed by atoms with Gasteiger partial charge in [0, 0.05) is 10.9 Å². The van der Waals surface area contributed by atoms with Gasteiger partial charge in [-0.15, -0.1) is 11.8 Å². The van der Waals surface area contributed by atoms with Crippen molar-refractivity contribution in [3.05, 3.63) is 23.1 Å². The Morgan fingerprint density at radius 1 is 1.67 bits per heavy atom. The molecule has 2 aliphatic rings. The lowest BCUT2D eigenvalue weighted by atomic mass is 9.96. The standard InChI is InChI=1S/C10H15NS/c1-2-12-9-5-3-4-8-6-7-11-10(8)9/h3-5,8,10-11H,2,6-7H2,1H3/t8?,10-/m0/s1. The van der Waals surface area contributed by atoms with E-state index in [-0.39, 0.29) is 0 Å². The summed E-state index contributed by atoms with van der Waals surface area (Å²) >= 11 is 1.98. The fourth-order valence-corrected chi connectivity index (χ4v) is 2.89. The molecule has 1 heterocycles. The Kier molecular flexibility index (Phi) is 2.57. The minimum absolute atomic E-state index is 0.639. The SMILES string of the molecule is CCSC1=CC=CC2CCN[C@H]12. The van der Waals surface area contributed by atoms with Crippen LogP contribution in [0.15, 0.2) is 23.1 Å². The van der Waals surface area contributed by atoms with E-state index in [2.05, 4.69) is 30.5 Å². The lowest BCUT2D eigenvalue weighted by molar-refractivity contribution is 0.605. The number of hydrogen-bond donors (Lipinski definition) is 1. The molecule has 0 spiro atoms. The predicted molar refractivity (Wildman–Crippen MR) is 55.3 cm³/mol. The van der Waals surface area contributed by atoms with E-state index in [0.717, 1.165) is 5.92 Å². The molecule has 0 aromatic heterocycles. The summed E-state index contributed by atoms with van der Waals surface area (Å²) in [5, 5.41) is 3.55.